The first kappa shape index (κ1) is 12.8. The molecule has 5 nitrogen and oxygen atoms in total. The van der Waals surface area contributed by atoms with E-state index >= 15 is 0 Å². The van der Waals surface area contributed by atoms with Crippen LogP contribution in [0.4, 0.5) is 5.69 Å². The van der Waals surface area contributed by atoms with Gasteiger partial charge in [-0.25, -0.2) is 13.4 Å². The zero-order chi connectivity index (χ0) is 13.3. The summed E-state index contributed by atoms with van der Waals surface area (Å²) in [7, 11) is -3.69. The maximum Gasteiger partial charge on any atom is 0.273 e. The first-order chi connectivity index (χ1) is 8.40. The summed E-state index contributed by atoms with van der Waals surface area (Å²) in [6, 6.07) is 4.88. The summed E-state index contributed by atoms with van der Waals surface area (Å²) in [5.74, 6) is -0.0673. The van der Waals surface area contributed by atoms with E-state index in [-0.39, 0.29) is 15.6 Å². The Morgan fingerprint density at radius 3 is 2.67 bits per heavy atom. The molecule has 1 aromatic carbocycles. The first-order valence-electron chi connectivity index (χ1n) is 5.14. The number of para-hydroxylation sites is 1. The maximum atomic E-state index is 12.0. The van der Waals surface area contributed by atoms with Gasteiger partial charge < -0.3 is 5.11 Å². The van der Waals surface area contributed by atoms with Crippen LogP contribution < -0.4 is 4.72 Å². The summed E-state index contributed by atoms with van der Waals surface area (Å²) >= 11 is 1.08. The van der Waals surface area contributed by atoms with Crippen LogP contribution in [0.3, 0.4) is 0 Å². The summed E-state index contributed by atoms with van der Waals surface area (Å²) in [6.45, 7) is 3.43. The molecule has 0 aliphatic carbocycles. The summed E-state index contributed by atoms with van der Waals surface area (Å²) in [4.78, 5) is 3.90. The number of hydrogen-bond donors (Lipinski definition) is 2. The van der Waals surface area contributed by atoms with Crippen molar-refractivity contribution in [2.24, 2.45) is 0 Å². The van der Waals surface area contributed by atoms with Gasteiger partial charge in [-0.2, -0.15) is 0 Å². The Morgan fingerprint density at radius 1 is 1.33 bits per heavy atom. The number of aromatic nitrogens is 1. The molecule has 0 fully saturated rings. The fraction of sp³-hybridized carbons (Fsp3) is 0.182. The molecule has 0 aliphatic heterocycles. The molecule has 0 aliphatic rings. The van der Waals surface area contributed by atoms with Crippen molar-refractivity contribution in [2.45, 2.75) is 18.1 Å². The minimum Gasteiger partial charge on any atom is -0.505 e. The molecule has 2 aromatic rings. The topological polar surface area (TPSA) is 79.3 Å². The van der Waals surface area contributed by atoms with E-state index < -0.39 is 10.0 Å². The molecule has 0 saturated heterocycles. The molecule has 1 aromatic heterocycles. The van der Waals surface area contributed by atoms with E-state index in [0.717, 1.165) is 11.3 Å². The standard InChI is InChI=1S/C11H12N2O3S2/c1-7-4-3-5-9(11(7)14)13-18(15,16)10-6-12-8(2)17-10/h3-6,13-14H,1-2H3. The maximum absolute atomic E-state index is 12.0. The molecule has 0 unspecified atom stereocenters. The van der Waals surface area contributed by atoms with Gasteiger partial charge in [0.2, 0.25) is 0 Å². The van der Waals surface area contributed by atoms with Crippen molar-refractivity contribution in [1.82, 2.24) is 4.98 Å². The number of thiazole rings is 1. The number of anilines is 1. The minimum absolute atomic E-state index is 0.0673. The Kier molecular flexibility index (Phi) is 3.27. The number of rotatable bonds is 3. The molecule has 0 bridgehead atoms. The highest BCUT2D eigenvalue weighted by molar-refractivity contribution is 7.94. The molecule has 0 atom stereocenters. The van der Waals surface area contributed by atoms with Crippen LogP contribution in [0, 0.1) is 13.8 Å². The highest BCUT2D eigenvalue weighted by atomic mass is 32.2. The summed E-state index contributed by atoms with van der Waals surface area (Å²) in [5.41, 5.74) is 0.775. The molecular weight excluding hydrogens is 272 g/mol. The highest BCUT2D eigenvalue weighted by Crippen LogP contribution is 2.29. The molecule has 0 saturated carbocycles. The van der Waals surface area contributed by atoms with E-state index in [0.29, 0.717) is 10.6 Å². The van der Waals surface area contributed by atoms with Crippen LogP contribution in [0.15, 0.2) is 28.6 Å². The Morgan fingerprint density at radius 2 is 2.06 bits per heavy atom. The van der Waals surface area contributed by atoms with Gasteiger partial charge in [0, 0.05) is 0 Å². The third-order valence-electron chi connectivity index (χ3n) is 2.35. The predicted octanol–water partition coefficient (Wildman–Crippen LogP) is 2.27. The van der Waals surface area contributed by atoms with Crippen LogP contribution in [0.2, 0.25) is 0 Å². The number of phenols is 1. The van der Waals surface area contributed by atoms with Gasteiger partial charge in [-0.15, -0.1) is 11.3 Å². The fourth-order valence-corrected chi connectivity index (χ4v) is 3.58. The zero-order valence-electron chi connectivity index (χ0n) is 9.84. The van der Waals surface area contributed by atoms with Crippen molar-refractivity contribution in [2.75, 3.05) is 4.72 Å². The first-order valence-corrected chi connectivity index (χ1v) is 7.44. The summed E-state index contributed by atoms with van der Waals surface area (Å²) < 4.78 is 26.5. The molecule has 1 heterocycles. The molecule has 96 valence electrons. The Balaban J connectivity index is 2.37. The van der Waals surface area contributed by atoms with Crippen LogP contribution in [0.25, 0.3) is 0 Å². The molecular formula is C11H12N2O3S2. The second kappa shape index (κ2) is 4.58. The van der Waals surface area contributed by atoms with E-state index in [4.69, 9.17) is 0 Å². The van der Waals surface area contributed by atoms with Crippen molar-refractivity contribution in [3.63, 3.8) is 0 Å². The van der Waals surface area contributed by atoms with Gasteiger partial charge in [-0.05, 0) is 25.5 Å². The molecule has 18 heavy (non-hydrogen) atoms. The number of nitrogens with zero attached hydrogens (tertiary/aromatic N) is 1. The molecule has 0 amide bonds. The minimum atomic E-state index is -3.69. The van der Waals surface area contributed by atoms with Gasteiger partial charge in [0.05, 0.1) is 16.9 Å². The number of aryl methyl sites for hydroxylation is 2. The quantitative estimate of drug-likeness (QED) is 0.847. The Hall–Kier alpha value is -1.60. The fourth-order valence-electron chi connectivity index (χ4n) is 1.40. The third-order valence-corrected chi connectivity index (χ3v) is 5.09. The van der Waals surface area contributed by atoms with E-state index in [1.54, 1.807) is 26.0 Å². The van der Waals surface area contributed by atoms with Gasteiger partial charge in [0.1, 0.15) is 5.75 Å². The average molecular weight is 284 g/mol. The van der Waals surface area contributed by atoms with Gasteiger partial charge in [0.25, 0.3) is 10.0 Å². The lowest BCUT2D eigenvalue weighted by atomic mass is 10.2. The van der Waals surface area contributed by atoms with Gasteiger partial charge in [-0.3, -0.25) is 4.72 Å². The van der Waals surface area contributed by atoms with Gasteiger partial charge in [-0.1, -0.05) is 12.1 Å². The van der Waals surface area contributed by atoms with Crippen LogP contribution in [-0.2, 0) is 10.0 Å². The predicted molar refractivity (Wildman–Crippen MR) is 70.5 cm³/mol. The third kappa shape index (κ3) is 2.46. The zero-order valence-corrected chi connectivity index (χ0v) is 11.5. The number of aromatic hydroxyl groups is 1. The summed E-state index contributed by atoms with van der Waals surface area (Å²) in [5, 5.41) is 10.4. The molecule has 0 spiro atoms. The van der Waals surface area contributed by atoms with Crippen LogP contribution in [0.5, 0.6) is 5.75 Å². The van der Waals surface area contributed by atoms with Crippen molar-refractivity contribution < 1.29 is 13.5 Å². The Labute approximate surface area is 109 Å². The van der Waals surface area contributed by atoms with Crippen molar-refractivity contribution in [3.8, 4) is 5.75 Å². The van der Waals surface area contributed by atoms with Gasteiger partial charge >= 0.3 is 0 Å². The number of benzene rings is 1. The largest absolute Gasteiger partial charge is 0.505 e. The Bertz CT molecular complexity index is 677. The van der Waals surface area contributed by atoms with E-state index in [2.05, 4.69) is 9.71 Å². The number of sulfonamides is 1. The molecule has 2 rings (SSSR count). The lowest BCUT2D eigenvalue weighted by Crippen LogP contribution is -2.11. The summed E-state index contributed by atoms with van der Waals surface area (Å²) in [6.07, 6.45) is 1.30. The van der Waals surface area contributed by atoms with Crippen LogP contribution >= 0.6 is 11.3 Å². The van der Waals surface area contributed by atoms with Crippen molar-refractivity contribution in [3.05, 3.63) is 35.0 Å². The van der Waals surface area contributed by atoms with E-state index in [9.17, 15) is 13.5 Å². The second-order valence-electron chi connectivity index (χ2n) is 3.77. The van der Waals surface area contributed by atoms with E-state index in [1.807, 2.05) is 0 Å². The molecule has 0 radical (unpaired) electrons. The van der Waals surface area contributed by atoms with Crippen LogP contribution in [-0.4, -0.2) is 18.5 Å². The monoisotopic (exact) mass is 284 g/mol. The number of hydrogen-bond acceptors (Lipinski definition) is 5. The van der Waals surface area contributed by atoms with Crippen molar-refractivity contribution >= 4 is 27.0 Å². The lowest BCUT2D eigenvalue weighted by Gasteiger charge is -2.09. The number of nitrogens with one attached hydrogen (secondary N) is 1. The average Bonchev–Trinajstić information content (AvgIpc) is 2.72. The van der Waals surface area contributed by atoms with Gasteiger partial charge in [0.15, 0.2) is 4.21 Å². The molecule has 2 N–H and O–H groups in total. The molecule has 7 heteroatoms. The number of phenolic OH excluding ortho intramolecular Hbond substituents is 1. The normalized spacial score (nSPS) is 11.4. The lowest BCUT2D eigenvalue weighted by molar-refractivity contribution is 0.473. The highest BCUT2D eigenvalue weighted by Gasteiger charge is 2.19. The van der Waals surface area contributed by atoms with Crippen LogP contribution in [0.1, 0.15) is 10.6 Å². The van der Waals surface area contributed by atoms with E-state index in [1.165, 1.54) is 12.3 Å². The SMILES string of the molecule is Cc1ncc(S(=O)(=O)Nc2cccc(C)c2O)s1. The van der Waals surface area contributed by atoms with Crippen molar-refractivity contribution in [1.29, 1.82) is 0 Å². The second-order valence-corrected chi connectivity index (χ2v) is 6.92. The smallest absolute Gasteiger partial charge is 0.273 e.